The van der Waals surface area contributed by atoms with E-state index in [1.165, 1.54) is 23.1 Å². The third-order valence-electron chi connectivity index (χ3n) is 3.39. The van der Waals surface area contributed by atoms with E-state index in [4.69, 9.17) is 9.47 Å². The minimum atomic E-state index is -0.227. The van der Waals surface area contributed by atoms with Gasteiger partial charge < -0.3 is 20.1 Å². The number of aromatic nitrogens is 2. The molecule has 1 aromatic carbocycles. The zero-order valence-corrected chi connectivity index (χ0v) is 17.9. The van der Waals surface area contributed by atoms with Gasteiger partial charge >= 0.3 is 0 Å². The summed E-state index contributed by atoms with van der Waals surface area (Å²) >= 11 is 2.84. The number of methoxy groups -OCH3 is 2. The van der Waals surface area contributed by atoms with Crippen molar-refractivity contribution in [1.82, 2.24) is 15.5 Å². The summed E-state index contributed by atoms with van der Waals surface area (Å²) in [6.45, 7) is 6.60. The molecule has 0 unspecified atom stereocenters. The molecule has 1 heterocycles. The highest BCUT2D eigenvalue weighted by Crippen LogP contribution is 2.28. The third-order valence-corrected chi connectivity index (χ3v) is 5.40. The van der Waals surface area contributed by atoms with E-state index >= 15 is 0 Å². The molecule has 0 fully saturated rings. The van der Waals surface area contributed by atoms with E-state index < -0.39 is 0 Å². The fraction of sp³-hybridized carbons (Fsp3) is 0.500. The van der Waals surface area contributed by atoms with Crippen molar-refractivity contribution in [1.29, 1.82) is 0 Å². The Morgan fingerprint density at radius 2 is 1.93 bits per heavy atom. The molecule has 1 aromatic heterocycles. The summed E-state index contributed by atoms with van der Waals surface area (Å²) in [5.74, 6) is 1.76. The molecule has 0 spiro atoms. The molecule has 0 aliphatic carbocycles. The molecule has 0 aliphatic heterocycles. The molecular weight excluding hydrogens is 384 g/mol. The largest absolute Gasteiger partial charge is 0.493 e. The molecule has 148 valence electrons. The van der Waals surface area contributed by atoms with E-state index in [2.05, 4.69) is 20.8 Å². The van der Waals surface area contributed by atoms with Gasteiger partial charge in [-0.1, -0.05) is 29.2 Å². The molecule has 2 aromatic rings. The minimum Gasteiger partial charge on any atom is -0.493 e. The van der Waals surface area contributed by atoms with Crippen molar-refractivity contribution < 1.29 is 14.3 Å². The topological polar surface area (TPSA) is 85.4 Å². The molecule has 0 bridgehead atoms. The number of carbonyl (C=O) groups excluding carboxylic acids is 1. The summed E-state index contributed by atoms with van der Waals surface area (Å²) in [6.07, 6.45) is 0.816. The maximum atomic E-state index is 11.9. The van der Waals surface area contributed by atoms with Gasteiger partial charge in [0, 0.05) is 12.1 Å². The molecular formula is C18H26N4O3S2. The first-order chi connectivity index (χ1) is 12.8. The van der Waals surface area contributed by atoms with Crippen LogP contribution in [0.4, 0.5) is 5.13 Å². The van der Waals surface area contributed by atoms with Crippen LogP contribution in [0.5, 0.6) is 11.5 Å². The van der Waals surface area contributed by atoms with Crippen LogP contribution in [0, 0.1) is 0 Å². The smallest absolute Gasteiger partial charge is 0.230 e. The maximum absolute atomic E-state index is 11.9. The van der Waals surface area contributed by atoms with Crippen LogP contribution in [-0.4, -0.2) is 48.2 Å². The normalized spacial score (nSPS) is 11.1. The summed E-state index contributed by atoms with van der Waals surface area (Å²) in [6, 6.07) is 5.88. The zero-order chi connectivity index (χ0) is 19.9. The molecule has 0 saturated carbocycles. The molecule has 2 N–H and O–H groups in total. The quantitative estimate of drug-likeness (QED) is 0.614. The van der Waals surface area contributed by atoms with Crippen LogP contribution >= 0.6 is 23.1 Å². The average molecular weight is 411 g/mol. The fourth-order valence-electron chi connectivity index (χ4n) is 2.27. The van der Waals surface area contributed by atoms with E-state index in [9.17, 15) is 4.79 Å². The lowest BCUT2D eigenvalue weighted by molar-refractivity contribution is -0.119. The van der Waals surface area contributed by atoms with Gasteiger partial charge in [-0.25, -0.2) is 0 Å². The van der Waals surface area contributed by atoms with Crippen molar-refractivity contribution >= 4 is 34.1 Å². The summed E-state index contributed by atoms with van der Waals surface area (Å²) < 4.78 is 11.3. The number of nitrogens with one attached hydrogen (secondary N) is 2. The standard InChI is InChI=1S/C18H26N4O3S2/c1-18(2,3)20-15(23)11-26-17-22-21-16(27-17)19-9-8-12-6-7-13(24-4)14(10-12)25-5/h6-7,10H,8-9,11H2,1-5H3,(H,19,21)(H,20,23). The van der Waals surface area contributed by atoms with Gasteiger partial charge in [-0.05, 0) is 44.9 Å². The molecule has 2 rings (SSSR count). The first kappa shape index (κ1) is 21.3. The lowest BCUT2D eigenvalue weighted by Crippen LogP contribution is -2.41. The Kier molecular flexibility index (Phi) is 7.73. The van der Waals surface area contributed by atoms with E-state index in [0.29, 0.717) is 5.75 Å². The van der Waals surface area contributed by atoms with Gasteiger partial charge in [0.25, 0.3) is 0 Å². The van der Waals surface area contributed by atoms with E-state index in [1.54, 1.807) is 14.2 Å². The van der Waals surface area contributed by atoms with Crippen molar-refractivity contribution in [2.45, 2.75) is 37.1 Å². The van der Waals surface area contributed by atoms with Crippen molar-refractivity contribution in [3.8, 4) is 11.5 Å². The van der Waals surface area contributed by atoms with Crippen LogP contribution in [0.1, 0.15) is 26.3 Å². The number of nitrogens with zero attached hydrogens (tertiary/aromatic N) is 2. The van der Waals surface area contributed by atoms with E-state index in [1.807, 2.05) is 39.0 Å². The molecule has 27 heavy (non-hydrogen) atoms. The number of thioether (sulfide) groups is 1. The number of hydrogen-bond acceptors (Lipinski definition) is 8. The Labute approximate surface area is 168 Å². The second kappa shape index (κ2) is 9.80. The van der Waals surface area contributed by atoms with Gasteiger partial charge in [0.1, 0.15) is 0 Å². The molecule has 0 atom stereocenters. The number of amides is 1. The summed E-state index contributed by atoms with van der Waals surface area (Å²) in [4.78, 5) is 11.9. The SMILES string of the molecule is COc1ccc(CCNc2nnc(SCC(=O)NC(C)(C)C)s2)cc1OC. The van der Waals surface area contributed by atoms with Crippen LogP contribution < -0.4 is 20.1 Å². The minimum absolute atomic E-state index is 0.00865. The Bertz CT molecular complexity index is 759. The fourth-order valence-corrected chi connectivity index (χ4v) is 3.85. The van der Waals surface area contributed by atoms with Crippen LogP contribution in [0.3, 0.4) is 0 Å². The zero-order valence-electron chi connectivity index (χ0n) is 16.3. The highest BCUT2D eigenvalue weighted by atomic mass is 32.2. The molecule has 0 saturated heterocycles. The van der Waals surface area contributed by atoms with Gasteiger partial charge in [-0.3, -0.25) is 4.79 Å². The lowest BCUT2D eigenvalue weighted by atomic mass is 10.1. The van der Waals surface area contributed by atoms with Crippen LogP contribution in [0.25, 0.3) is 0 Å². The predicted octanol–water partition coefficient (Wildman–Crippen LogP) is 3.22. The Hall–Kier alpha value is -2.00. The summed E-state index contributed by atoms with van der Waals surface area (Å²) in [5.41, 5.74) is 0.911. The van der Waals surface area contributed by atoms with Crippen molar-refractivity contribution in [3.05, 3.63) is 23.8 Å². The first-order valence-corrected chi connectivity index (χ1v) is 10.3. The Morgan fingerprint density at radius 1 is 1.19 bits per heavy atom. The van der Waals surface area contributed by atoms with Crippen LogP contribution in [-0.2, 0) is 11.2 Å². The molecule has 1 amide bonds. The highest BCUT2D eigenvalue weighted by molar-refractivity contribution is 8.01. The van der Waals surface area contributed by atoms with E-state index in [0.717, 1.165) is 39.5 Å². The van der Waals surface area contributed by atoms with Crippen molar-refractivity contribution in [2.24, 2.45) is 0 Å². The molecule has 9 heteroatoms. The van der Waals surface area contributed by atoms with E-state index in [-0.39, 0.29) is 11.4 Å². The number of ether oxygens (including phenoxy) is 2. The number of hydrogen-bond donors (Lipinski definition) is 2. The first-order valence-electron chi connectivity index (χ1n) is 8.53. The number of carbonyl (C=O) groups is 1. The van der Waals surface area contributed by atoms with Crippen LogP contribution in [0.15, 0.2) is 22.5 Å². The lowest BCUT2D eigenvalue weighted by Gasteiger charge is -2.19. The second-order valence-electron chi connectivity index (χ2n) is 6.83. The number of rotatable bonds is 9. The second-order valence-corrected chi connectivity index (χ2v) is 9.03. The van der Waals surface area contributed by atoms with Gasteiger partial charge in [0.2, 0.25) is 11.0 Å². The number of benzene rings is 1. The summed E-state index contributed by atoms with van der Waals surface area (Å²) in [5, 5.41) is 15.2. The van der Waals surface area contributed by atoms with Crippen LogP contribution in [0.2, 0.25) is 0 Å². The Morgan fingerprint density at radius 3 is 2.59 bits per heavy atom. The van der Waals surface area contributed by atoms with Gasteiger partial charge in [0.15, 0.2) is 15.8 Å². The Balaban J connectivity index is 1.78. The summed E-state index contributed by atoms with van der Waals surface area (Å²) in [7, 11) is 3.25. The van der Waals surface area contributed by atoms with Crippen molar-refractivity contribution in [3.63, 3.8) is 0 Å². The van der Waals surface area contributed by atoms with Gasteiger partial charge in [-0.15, -0.1) is 10.2 Å². The monoisotopic (exact) mass is 410 g/mol. The van der Waals surface area contributed by atoms with Gasteiger partial charge in [0.05, 0.1) is 20.0 Å². The number of anilines is 1. The molecule has 0 aliphatic rings. The molecule has 0 radical (unpaired) electrons. The highest BCUT2D eigenvalue weighted by Gasteiger charge is 2.15. The maximum Gasteiger partial charge on any atom is 0.230 e. The molecule has 7 nitrogen and oxygen atoms in total. The predicted molar refractivity (Wildman–Crippen MR) is 110 cm³/mol. The van der Waals surface area contributed by atoms with Crippen molar-refractivity contribution in [2.75, 3.05) is 31.8 Å². The third kappa shape index (κ3) is 7.26. The average Bonchev–Trinajstić information content (AvgIpc) is 3.06. The van der Waals surface area contributed by atoms with Gasteiger partial charge in [-0.2, -0.15) is 0 Å².